The van der Waals surface area contributed by atoms with E-state index in [0.29, 0.717) is 12.2 Å². The molecule has 0 bridgehead atoms. The van der Waals surface area contributed by atoms with Crippen molar-refractivity contribution in [1.29, 1.82) is 0 Å². The van der Waals surface area contributed by atoms with Crippen molar-refractivity contribution in [3.05, 3.63) is 41.5 Å². The molecule has 7 nitrogen and oxygen atoms in total. The zero-order valence-corrected chi connectivity index (χ0v) is 14.0. The summed E-state index contributed by atoms with van der Waals surface area (Å²) < 4.78 is 20.1. The fraction of sp³-hybridized carbons (Fsp3) is 0.412. The monoisotopic (exact) mass is 348 g/mol. The molecule has 2 aromatic rings. The number of halogens is 1. The lowest BCUT2D eigenvalue weighted by Crippen LogP contribution is -2.34. The number of methoxy groups -OCH3 is 1. The molecular formula is C17H21FN4O3. The minimum absolute atomic E-state index is 0.0249. The number of aliphatic hydroxyl groups excluding tert-OH is 1. The van der Waals surface area contributed by atoms with Gasteiger partial charge < -0.3 is 20.5 Å². The van der Waals surface area contributed by atoms with Crippen molar-refractivity contribution < 1.29 is 19.0 Å². The number of aliphatic hydroxyl groups is 1. The van der Waals surface area contributed by atoms with Gasteiger partial charge in [0.15, 0.2) is 0 Å². The van der Waals surface area contributed by atoms with Crippen LogP contribution in [0.2, 0.25) is 0 Å². The molecular weight excluding hydrogens is 327 g/mol. The molecule has 0 saturated carbocycles. The van der Waals surface area contributed by atoms with Crippen LogP contribution < -0.4 is 15.4 Å². The van der Waals surface area contributed by atoms with Gasteiger partial charge in [-0.15, -0.1) is 0 Å². The Morgan fingerprint density at radius 1 is 1.52 bits per heavy atom. The summed E-state index contributed by atoms with van der Waals surface area (Å²) in [7, 11) is 1.42. The number of aromatic nitrogens is 2. The summed E-state index contributed by atoms with van der Waals surface area (Å²) in [5, 5.41) is 19.0. The van der Waals surface area contributed by atoms with Crippen molar-refractivity contribution in [3.8, 4) is 5.75 Å². The van der Waals surface area contributed by atoms with Gasteiger partial charge in [0.05, 0.1) is 38.2 Å². The molecule has 0 spiro atoms. The zero-order valence-electron chi connectivity index (χ0n) is 14.0. The average Bonchev–Trinajstić information content (AvgIpc) is 3.01. The Morgan fingerprint density at radius 2 is 2.36 bits per heavy atom. The highest BCUT2D eigenvalue weighted by Gasteiger charge is 2.25. The Morgan fingerprint density at radius 3 is 3.12 bits per heavy atom. The molecule has 8 heteroatoms. The standard InChI is InChI=1S/C17H21FN4O3/c1-25-16-9-11(18)5-6-14(16)21-17(24)20-13-3-2-4-15-12(13)10-19-22(15)7-8-23/h5-6,9-10,13,23H,2-4,7-8H2,1H3,(H2,20,21,24)/t13-/m1/s1. The van der Waals surface area contributed by atoms with E-state index in [1.54, 1.807) is 10.9 Å². The van der Waals surface area contributed by atoms with Gasteiger partial charge in [-0.3, -0.25) is 4.68 Å². The minimum Gasteiger partial charge on any atom is -0.494 e. The van der Waals surface area contributed by atoms with Gasteiger partial charge in [0, 0.05) is 17.3 Å². The molecule has 1 aliphatic carbocycles. The number of fused-ring (bicyclic) bond motifs is 1. The summed E-state index contributed by atoms with van der Waals surface area (Å²) >= 11 is 0. The lowest BCUT2D eigenvalue weighted by molar-refractivity contribution is 0.246. The van der Waals surface area contributed by atoms with Crippen molar-refractivity contribution in [2.45, 2.75) is 31.8 Å². The van der Waals surface area contributed by atoms with Gasteiger partial charge in [0.25, 0.3) is 0 Å². The van der Waals surface area contributed by atoms with Gasteiger partial charge >= 0.3 is 6.03 Å². The second-order valence-corrected chi connectivity index (χ2v) is 5.88. The fourth-order valence-corrected chi connectivity index (χ4v) is 3.14. The lowest BCUT2D eigenvalue weighted by atomic mass is 9.93. The molecule has 2 amide bonds. The number of anilines is 1. The number of carbonyl (C=O) groups excluding carboxylic acids is 1. The Bertz CT molecular complexity index is 762. The molecule has 0 radical (unpaired) electrons. The number of amides is 2. The summed E-state index contributed by atoms with van der Waals surface area (Å²) in [6.45, 7) is 0.470. The van der Waals surface area contributed by atoms with Gasteiger partial charge in [-0.1, -0.05) is 0 Å². The Kier molecular flexibility index (Phi) is 5.18. The van der Waals surface area contributed by atoms with Crippen LogP contribution in [0.25, 0.3) is 0 Å². The Balaban J connectivity index is 1.70. The molecule has 1 aliphatic rings. The third kappa shape index (κ3) is 3.74. The van der Waals surface area contributed by atoms with Crippen molar-refractivity contribution >= 4 is 11.7 Å². The summed E-state index contributed by atoms with van der Waals surface area (Å²) in [6, 6.07) is 3.39. The third-order valence-electron chi connectivity index (χ3n) is 4.29. The second-order valence-electron chi connectivity index (χ2n) is 5.88. The van der Waals surface area contributed by atoms with Crippen LogP contribution in [0.4, 0.5) is 14.9 Å². The van der Waals surface area contributed by atoms with Gasteiger partial charge in [0.1, 0.15) is 11.6 Å². The summed E-state index contributed by atoms with van der Waals surface area (Å²) in [4.78, 5) is 12.3. The van der Waals surface area contributed by atoms with E-state index in [1.165, 1.54) is 25.3 Å². The number of hydrogen-bond acceptors (Lipinski definition) is 4. The maximum Gasteiger partial charge on any atom is 0.319 e. The summed E-state index contributed by atoms with van der Waals surface area (Å²) in [6.07, 6.45) is 4.36. The number of carbonyl (C=O) groups is 1. The third-order valence-corrected chi connectivity index (χ3v) is 4.29. The molecule has 0 aliphatic heterocycles. The molecule has 3 rings (SSSR count). The number of nitrogens with zero attached hydrogens (tertiary/aromatic N) is 2. The predicted molar refractivity (Wildman–Crippen MR) is 90.1 cm³/mol. The van der Waals surface area contributed by atoms with Crippen molar-refractivity contribution in [2.24, 2.45) is 0 Å². The second kappa shape index (κ2) is 7.52. The Labute approximate surface area is 144 Å². The molecule has 0 fully saturated rings. The molecule has 1 atom stereocenters. The summed E-state index contributed by atoms with van der Waals surface area (Å²) in [5.74, 6) is -0.175. The van der Waals surface area contributed by atoms with Gasteiger partial charge in [-0.05, 0) is 31.4 Å². The fourth-order valence-electron chi connectivity index (χ4n) is 3.14. The van der Waals surface area contributed by atoms with Crippen LogP contribution in [0.5, 0.6) is 5.75 Å². The van der Waals surface area contributed by atoms with Crippen LogP contribution in [0.15, 0.2) is 24.4 Å². The van der Waals surface area contributed by atoms with E-state index < -0.39 is 11.8 Å². The van der Waals surface area contributed by atoms with E-state index in [2.05, 4.69) is 15.7 Å². The van der Waals surface area contributed by atoms with Gasteiger partial charge in [0.2, 0.25) is 0 Å². The van der Waals surface area contributed by atoms with E-state index >= 15 is 0 Å². The lowest BCUT2D eigenvalue weighted by Gasteiger charge is -2.24. The number of rotatable bonds is 5. The van der Waals surface area contributed by atoms with Crippen molar-refractivity contribution in [3.63, 3.8) is 0 Å². The number of nitrogens with one attached hydrogen (secondary N) is 2. The SMILES string of the molecule is COc1cc(F)ccc1NC(=O)N[C@@H]1CCCc2c1cnn2CCO. The molecule has 134 valence electrons. The maximum absolute atomic E-state index is 13.2. The number of urea groups is 1. The first-order chi connectivity index (χ1) is 12.1. The quantitative estimate of drug-likeness (QED) is 0.773. The highest BCUT2D eigenvalue weighted by molar-refractivity contribution is 5.91. The Hall–Kier alpha value is -2.61. The van der Waals surface area contributed by atoms with Crippen molar-refractivity contribution in [1.82, 2.24) is 15.1 Å². The number of benzene rings is 1. The van der Waals surface area contributed by atoms with E-state index in [4.69, 9.17) is 9.84 Å². The summed E-state index contributed by atoms with van der Waals surface area (Å²) in [5.41, 5.74) is 2.42. The van der Waals surface area contributed by atoms with Crippen molar-refractivity contribution in [2.75, 3.05) is 19.0 Å². The smallest absolute Gasteiger partial charge is 0.319 e. The van der Waals surface area contributed by atoms with Crippen LogP contribution in [-0.4, -0.2) is 34.6 Å². The first kappa shape index (κ1) is 17.2. The van der Waals surface area contributed by atoms with Crippen LogP contribution in [0, 0.1) is 5.82 Å². The van der Waals surface area contributed by atoms with E-state index in [9.17, 15) is 9.18 Å². The van der Waals surface area contributed by atoms with Gasteiger partial charge in [-0.25, -0.2) is 9.18 Å². The predicted octanol–water partition coefficient (Wildman–Crippen LogP) is 2.22. The average molecular weight is 348 g/mol. The number of ether oxygens (including phenoxy) is 1. The van der Waals surface area contributed by atoms with Gasteiger partial charge in [-0.2, -0.15) is 5.10 Å². The van der Waals surface area contributed by atoms with Crippen LogP contribution in [0.1, 0.15) is 30.1 Å². The topological polar surface area (TPSA) is 88.4 Å². The molecule has 1 aromatic carbocycles. The van der Waals surface area contributed by atoms with E-state index in [-0.39, 0.29) is 18.4 Å². The number of hydrogen-bond donors (Lipinski definition) is 3. The molecule has 3 N–H and O–H groups in total. The normalized spacial score (nSPS) is 16.2. The highest BCUT2D eigenvalue weighted by Crippen LogP contribution is 2.30. The van der Waals surface area contributed by atoms with Crippen LogP contribution in [-0.2, 0) is 13.0 Å². The highest BCUT2D eigenvalue weighted by atomic mass is 19.1. The van der Waals surface area contributed by atoms with E-state index in [1.807, 2.05) is 0 Å². The first-order valence-corrected chi connectivity index (χ1v) is 8.19. The molecule has 1 aromatic heterocycles. The minimum atomic E-state index is -0.434. The first-order valence-electron chi connectivity index (χ1n) is 8.19. The molecule has 0 unspecified atom stereocenters. The molecule has 0 saturated heterocycles. The molecule has 1 heterocycles. The molecule has 25 heavy (non-hydrogen) atoms. The van der Waals surface area contributed by atoms with E-state index in [0.717, 1.165) is 30.5 Å². The largest absolute Gasteiger partial charge is 0.494 e. The van der Waals surface area contributed by atoms with Crippen LogP contribution >= 0.6 is 0 Å². The maximum atomic E-state index is 13.2. The van der Waals surface area contributed by atoms with Crippen LogP contribution in [0.3, 0.4) is 0 Å². The zero-order chi connectivity index (χ0) is 17.8.